The Hall–Kier alpha value is -2.37. The van der Waals surface area contributed by atoms with Gasteiger partial charge in [-0.2, -0.15) is 0 Å². The summed E-state index contributed by atoms with van der Waals surface area (Å²) in [7, 11) is 0. The van der Waals surface area contributed by atoms with Gasteiger partial charge in [-0.1, -0.05) is 5.16 Å². The van der Waals surface area contributed by atoms with E-state index in [-0.39, 0.29) is 5.69 Å². The van der Waals surface area contributed by atoms with Crippen LogP contribution >= 0.6 is 0 Å². The molecule has 6 nitrogen and oxygen atoms in total. The molecule has 1 aromatic heterocycles. The Labute approximate surface area is 91.0 Å². The zero-order chi connectivity index (χ0) is 11.4. The molecule has 0 atom stereocenters. The van der Waals surface area contributed by atoms with Gasteiger partial charge < -0.3 is 9.84 Å². The van der Waals surface area contributed by atoms with Gasteiger partial charge in [0, 0.05) is 23.9 Å². The Morgan fingerprint density at radius 3 is 2.62 bits per heavy atom. The van der Waals surface area contributed by atoms with Gasteiger partial charge >= 0.3 is 0 Å². The standard InChI is InChI=1S/C10H9N3O3/c14-13(15)10-3-1-8(2-4-10)11-7-9-5-6-16-12-9/h1-6,11H,7H2. The van der Waals surface area contributed by atoms with Crippen molar-refractivity contribution < 1.29 is 9.45 Å². The third kappa shape index (κ3) is 2.35. The van der Waals surface area contributed by atoms with Crippen LogP contribution in [0.15, 0.2) is 41.1 Å². The molecular weight excluding hydrogens is 210 g/mol. The molecule has 1 aromatic carbocycles. The maximum absolute atomic E-state index is 10.4. The van der Waals surface area contributed by atoms with Gasteiger partial charge in [0.05, 0.1) is 11.5 Å². The number of nitrogens with zero attached hydrogens (tertiary/aromatic N) is 2. The van der Waals surface area contributed by atoms with Crippen LogP contribution in [0.2, 0.25) is 0 Å². The Morgan fingerprint density at radius 1 is 1.31 bits per heavy atom. The molecule has 2 rings (SSSR count). The lowest BCUT2D eigenvalue weighted by Crippen LogP contribution is -1.99. The van der Waals surface area contributed by atoms with Gasteiger partial charge in [-0.15, -0.1) is 0 Å². The van der Waals surface area contributed by atoms with Gasteiger partial charge in [0.2, 0.25) is 0 Å². The van der Waals surface area contributed by atoms with Crippen LogP contribution in [-0.2, 0) is 6.54 Å². The summed E-state index contributed by atoms with van der Waals surface area (Å²) >= 11 is 0. The van der Waals surface area contributed by atoms with E-state index < -0.39 is 4.92 Å². The molecule has 0 bridgehead atoms. The number of benzene rings is 1. The van der Waals surface area contributed by atoms with Crippen LogP contribution in [0.4, 0.5) is 11.4 Å². The van der Waals surface area contributed by atoms with Gasteiger partial charge in [-0.05, 0) is 12.1 Å². The average molecular weight is 219 g/mol. The number of non-ortho nitro benzene ring substituents is 1. The van der Waals surface area contributed by atoms with Crippen molar-refractivity contribution in [2.24, 2.45) is 0 Å². The van der Waals surface area contributed by atoms with Crippen molar-refractivity contribution in [1.29, 1.82) is 0 Å². The van der Waals surface area contributed by atoms with Crippen molar-refractivity contribution in [3.05, 3.63) is 52.4 Å². The van der Waals surface area contributed by atoms with E-state index in [9.17, 15) is 10.1 Å². The number of anilines is 1. The van der Waals surface area contributed by atoms with E-state index in [1.54, 1.807) is 18.2 Å². The number of nitro groups is 1. The fourth-order valence-electron chi connectivity index (χ4n) is 1.22. The molecule has 0 saturated carbocycles. The minimum absolute atomic E-state index is 0.0759. The minimum atomic E-state index is -0.429. The zero-order valence-electron chi connectivity index (χ0n) is 8.29. The molecule has 0 spiro atoms. The normalized spacial score (nSPS) is 10.0. The smallest absolute Gasteiger partial charge is 0.269 e. The highest BCUT2D eigenvalue weighted by atomic mass is 16.6. The highest BCUT2D eigenvalue weighted by Gasteiger charge is 2.03. The molecule has 0 aliphatic heterocycles. The van der Waals surface area contributed by atoms with Crippen LogP contribution in [0.3, 0.4) is 0 Å². The molecule has 0 saturated heterocycles. The van der Waals surface area contributed by atoms with Gasteiger partial charge in [0.15, 0.2) is 0 Å². The lowest BCUT2D eigenvalue weighted by molar-refractivity contribution is -0.384. The summed E-state index contributed by atoms with van der Waals surface area (Å²) in [6.45, 7) is 0.522. The van der Waals surface area contributed by atoms with E-state index in [0.717, 1.165) is 11.4 Å². The van der Waals surface area contributed by atoms with Gasteiger partial charge in [-0.3, -0.25) is 10.1 Å². The molecule has 6 heteroatoms. The lowest BCUT2D eigenvalue weighted by Gasteiger charge is -2.02. The monoisotopic (exact) mass is 219 g/mol. The lowest BCUT2D eigenvalue weighted by atomic mass is 10.3. The molecule has 0 radical (unpaired) electrons. The molecule has 82 valence electrons. The summed E-state index contributed by atoms with van der Waals surface area (Å²) in [5.41, 5.74) is 1.65. The van der Waals surface area contributed by atoms with Crippen LogP contribution in [0.5, 0.6) is 0 Å². The third-order valence-corrected chi connectivity index (χ3v) is 2.04. The average Bonchev–Trinajstić information content (AvgIpc) is 2.80. The van der Waals surface area contributed by atoms with Crippen molar-refractivity contribution in [1.82, 2.24) is 5.16 Å². The highest BCUT2D eigenvalue weighted by Crippen LogP contribution is 2.15. The van der Waals surface area contributed by atoms with E-state index in [1.165, 1.54) is 18.4 Å². The predicted octanol–water partition coefficient (Wildman–Crippen LogP) is 2.19. The summed E-state index contributed by atoms with van der Waals surface area (Å²) in [5, 5.41) is 17.2. The Balaban J connectivity index is 1.98. The summed E-state index contributed by atoms with van der Waals surface area (Å²) < 4.78 is 4.67. The van der Waals surface area contributed by atoms with Crippen molar-refractivity contribution in [3.8, 4) is 0 Å². The summed E-state index contributed by atoms with van der Waals surface area (Å²) in [6, 6.07) is 7.95. The van der Waals surface area contributed by atoms with Gasteiger partial charge in [-0.25, -0.2) is 0 Å². The SMILES string of the molecule is O=[N+]([O-])c1ccc(NCc2ccon2)cc1. The Bertz CT molecular complexity index is 465. The Kier molecular flexibility index (Phi) is 2.81. The fraction of sp³-hybridized carbons (Fsp3) is 0.100. The third-order valence-electron chi connectivity index (χ3n) is 2.04. The van der Waals surface area contributed by atoms with Gasteiger partial charge in [0.1, 0.15) is 12.0 Å². The minimum Gasteiger partial charge on any atom is -0.379 e. The van der Waals surface area contributed by atoms with E-state index in [4.69, 9.17) is 0 Å². The number of hydrogen-bond donors (Lipinski definition) is 1. The molecular formula is C10H9N3O3. The summed E-state index contributed by atoms with van der Waals surface area (Å²) in [6.07, 6.45) is 1.49. The number of nitro benzene ring substituents is 1. The first-order valence-corrected chi connectivity index (χ1v) is 4.63. The first-order valence-electron chi connectivity index (χ1n) is 4.63. The van der Waals surface area contributed by atoms with Crippen LogP contribution in [-0.4, -0.2) is 10.1 Å². The summed E-state index contributed by atoms with van der Waals surface area (Å²) in [4.78, 5) is 9.99. The molecule has 1 N–H and O–H groups in total. The first kappa shape index (κ1) is 10.2. The molecule has 0 unspecified atom stereocenters. The first-order chi connectivity index (χ1) is 7.75. The van der Waals surface area contributed by atoms with Crippen molar-refractivity contribution in [2.45, 2.75) is 6.54 Å². The van der Waals surface area contributed by atoms with E-state index in [0.29, 0.717) is 6.54 Å². The van der Waals surface area contributed by atoms with Gasteiger partial charge in [0.25, 0.3) is 5.69 Å². The summed E-state index contributed by atoms with van der Waals surface area (Å²) in [5.74, 6) is 0. The second kappa shape index (κ2) is 4.43. The van der Waals surface area contributed by atoms with Crippen molar-refractivity contribution >= 4 is 11.4 Å². The maximum atomic E-state index is 10.4. The van der Waals surface area contributed by atoms with Crippen LogP contribution in [0.25, 0.3) is 0 Å². The number of hydrogen-bond acceptors (Lipinski definition) is 5. The number of nitrogens with one attached hydrogen (secondary N) is 1. The zero-order valence-corrected chi connectivity index (χ0v) is 8.29. The molecule has 0 fully saturated rings. The van der Waals surface area contributed by atoms with Crippen molar-refractivity contribution in [2.75, 3.05) is 5.32 Å². The van der Waals surface area contributed by atoms with Crippen LogP contribution in [0.1, 0.15) is 5.69 Å². The maximum Gasteiger partial charge on any atom is 0.269 e. The molecule has 16 heavy (non-hydrogen) atoms. The second-order valence-corrected chi connectivity index (χ2v) is 3.15. The molecule has 0 aliphatic carbocycles. The second-order valence-electron chi connectivity index (χ2n) is 3.15. The number of aromatic nitrogens is 1. The van der Waals surface area contributed by atoms with Crippen LogP contribution < -0.4 is 5.32 Å². The molecule has 2 aromatic rings. The quantitative estimate of drug-likeness (QED) is 0.629. The van der Waals surface area contributed by atoms with E-state index in [1.807, 2.05) is 0 Å². The predicted molar refractivity (Wildman–Crippen MR) is 56.9 cm³/mol. The highest BCUT2D eigenvalue weighted by molar-refractivity contribution is 5.48. The van der Waals surface area contributed by atoms with Crippen LogP contribution in [0, 0.1) is 10.1 Å². The van der Waals surface area contributed by atoms with Crippen molar-refractivity contribution in [3.63, 3.8) is 0 Å². The molecule has 0 amide bonds. The molecule has 1 heterocycles. The molecule has 0 aliphatic rings. The van der Waals surface area contributed by atoms with E-state index >= 15 is 0 Å². The number of rotatable bonds is 4. The Morgan fingerprint density at radius 2 is 2.06 bits per heavy atom. The fourth-order valence-corrected chi connectivity index (χ4v) is 1.22. The topological polar surface area (TPSA) is 81.2 Å². The van der Waals surface area contributed by atoms with E-state index in [2.05, 4.69) is 15.0 Å². The largest absolute Gasteiger partial charge is 0.379 e.